The average molecular weight is 494 g/mol. The highest BCUT2D eigenvalue weighted by molar-refractivity contribution is 5.91. The van der Waals surface area contributed by atoms with Crippen molar-refractivity contribution >= 4 is 23.3 Å². The van der Waals surface area contributed by atoms with Crippen LogP contribution < -0.4 is 15.0 Å². The lowest BCUT2D eigenvalue weighted by molar-refractivity contribution is -0.135. The van der Waals surface area contributed by atoms with Gasteiger partial charge in [0.05, 0.1) is 13.8 Å². The molecule has 2 heterocycles. The lowest BCUT2D eigenvalue weighted by atomic mass is 9.86. The second kappa shape index (κ2) is 11.2. The number of nitrogens with one attached hydrogen (secondary N) is 1. The molecule has 2 aliphatic heterocycles. The predicted octanol–water partition coefficient (Wildman–Crippen LogP) is 3.88. The normalized spacial score (nSPS) is 17.5. The van der Waals surface area contributed by atoms with Gasteiger partial charge in [-0.15, -0.1) is 0 Å². The fourth-order valence-electron chi connectivity index (χ4n) is 5.36. The predicted molar refractivity (Wildman–Crippen MR) is 144 cm³/mol. The number of rotatable bonds is 8. The number of carbonyl (C=O) groups excluding carboxylic acids is 2. The Morgan fingerprint density at radius 1 is 1.03 bits per heavy atom. The van der Waals surface area contributed by atoms with Crippen LogP contribution in [0.25, 0.3) is 0 Å². The number of likely N-dealkylation sites (tertiary alicyclic amines) is 1. The Hall–Kier alpha value is -3.26. The van der Waals surface area contributed by atoms with Gasteiger partial charge >= 0.3 is 6.03 Å². The molecule has 0 radical (unpaired) electrons. The van der Waals surface area contributed by atoms with E-state index in [1.54, 1.807) is 7.11 Å². The molecule has 0 atom stereocenters. The van der Waals surface area contributed by atoms with Crippen LogP contribution in [0.3, 0.4) is 0 Å². The Morgan fingerprint density at radius 2 is 1.67 bits per heavy atom. The number of amides is 3. The maximum absolute atomic E-state index is 13.5. The summed E-state index contributed by atoms with van der Waals surface area (Å²) in [5, 5.41) is 3.02. The number of hydrogen-bond acceptors (Lipinski definition) is 5. The summed E-state index contributed by atoms with van der Waals surface area (Å²) in [5.74, 6) is 1.02. The number of piperidine rings is 1. The van der Waals surface area contributed by atoms with Gasteiger partial charge in [0, 0.05) is 44.1 Å². The zero-order valence-corrected chi connectivity index (χ0v) is 22.0. The topological polar surface area (TPSA) is 68.4 Å². The molecule has 2 aromatic rings. The largest absolute Gasteiger partial charge is 0.497 e. The van der Waals surface area contributed by atoms with Crippen molar-refractivity contribution in [2.75, 3.05) is 63.8 Å². The molecule has 2 fully saturated rings. The second-order valence-electron chi connectivity index (χ2n) is 9.67. The van der Waals surface area contributed by atoms with E-state index in [0.29, 0.717) is 39.1 Å². The van der Waals surface area contributed by atoms with E-state index in [1.807, 2.05) is 65.4 Å². The third-order valence-corrected chi connectivity index (χ3v) is 7.75. The summed E-state index contributed by atoms with van der Waals surface area (Å²) in [6.07, 6.45) is 2.10. The van der Waals surface area contributed by atoms with Crippen molar-refractivity contribution in [3.05, 3.63) is 54.1 Å². The minimum absolute atomic E-state index is 0.107. The molecular weight excluding hydrogens is 454 g/mol. The number of likely N-dealkylation sites (N-methyl/N-ethyl adjacent to an activating group) is 1. The number of benzene rings is 2. The molecule has 0 bridgehead atoms. The van der Waals surface area contributed by atoms with Gasteiger partial charge in [0.1, 0.15) is 11.3 Å². The van der Waals surface area contributed by atoms with Crippen LogP contribution in [-0.4, -0.2) is 85.7 Å². The monoisotopic (exact) mass is 493 g/mol. The van der Waals surface area contributed by atoms with Crippen molar-refractivity contribution < 1.29 is 14.3 Å². The van der Waals surface area contributed by atoms with Crippen LogP contribution in [0.2, 0.25) is 0 Å². The molecule has 0 saturated carbocycles. The zero-order chi connectivity index (χ0) is 25.7. The highest BCUT2D eigenvalue weighted by Crippen LogP contribution is 2.35. The van der Waals surface area contributed by atoms with Crippen molar-refractivity contribution in [2.24, 2.45) is 0 Å². The van der Waals surface area contributed by atoms with Crippen molar-refractivity contribution in [3.63, 3.8) is 0 Å². The van der Waals surface area contributed by atoms with Crippen LogP contribution in [0.4, 0.5) is 16.2 Å². The van der Waals surface area contributed by atoms with E-state index >= 15 is 0 Å². The summed E-state index contributed by atoms with van der Waals surface area (Å²) in [7, 11) is 3.69. The molecule has 1 N–H and O–H groups in total. The third-order valence-electron chi connectivity index (χ3n) is 7.75. The standard InChI is InChI=1S/C28H39N5O3/c1-5-31(6-2)24-11-9-23(10-12-24)29-27(35)32-19-16-28(17-20-32)26(34)33(21-30(28)3)18-15-22-7-13-25(36-4)14-8-22/h7-14H,5-6,15-21H2,1-4H3,(H,29,35). The molecule has 0 aliphatic carbocycles. The van der Waals surface area contributed by atoms with Gasteiger partial charge in [-0.25, -0.2) is 4.79 Å². The van der Waals surface area contributed by atoms with Crippen LogP contribution in [0, 0.1) is 0 Å². The van der Waals surface area contributed by atoms with Gasteiger partial charge < -0.3 is 24.8 Å². The summed E-state index contributed by atoms with van der Waals surface area (Å²) < 4.78 is 5.23. The Morgan fingerprint density at radius 3 is 2.25 bits per heavy atom. The van der Waals surface area contributed by atoms with Crippen LogP contribution in [-0.2, 0) is 11.2 Å². The van der Waals surface area contributed by atoms with Crippen LogP contribution in [0.5, 0.6) is 5.75 Å². The van der Waals surface area contributed by atoms with E-state index in [1.165, 1.54) is 5.56 Å². The molecular formula is C28H39N5O3. The lowest BCUT2D eigenvalue weighted by Gasteiger charge is -2.41. The third kappa shape index (κ3) is 5.28. The zero-order valence-electron chi connectivity index (χ0n) is 22.0. The number of methoxy groups -OCH3 is 1. The van der Waals surface area contributed by atoms with Crippen molar-refractivity contribution in [1.82, 2.24) is 14.7 Å². The first-order valence-electron chi connectivity index (χ1n) is 12.9. The fraction of sp³-hybridized carbons (Fsp3) is 0.500. The molecule has 194 valence electrons. The molecule has 2 aliphatic rings. The van der Waals surface area contributed by atoms with Crippen molar-refractivity contribution in [3.8, 4) is 5.75 Å². The van der Waals surface area contributed by atoms with E-state index < -0.39 is 5.54 Å². The smallest absolute Gasteiger partial charge is 0.321 e. The molecule has 1 spiro atoms. The highest BCUT2D eigenvalue weighted by atomic mass is 16.5. The summed E-state index contributed by atoms with van der Waals surface area (Å²) >= 11 is 0. The molecule has 2 aromatic carbocycles. The molecule has 4 rings (SSSR count). The van der Waals surface area contributed by atoms with Gasteiger partial charge in [0.25, 0.3) is 0 Å². The number of anilines is 2. The summed E-state index contributed by atoms with van der Waals surface area (Å²) in [5.41, 5.74) is 2.61. The van der Waals surface area contributed by atoms with Gasteiger partial charge in [-0.2, -0.15) is 0 Å². The minimum Gasteiger partial charge on any atom is -0.497 e. The van der Waals surface area contributed by atoms with Crippen LogP contribution in [0.15, 0.2) is 48.5 Å². The maximum atomic E-state index is 13.5. The molecule has 8 nitrogen and oxygen atoms in total. The molecule has 0 aromatic heterocycles. The quantitative estimate of drug-likeness (QED) is 0.605. The summed E-state index contributed by atoms with van der Waals surface area (Å²) in [4.78, 5) is 34.6. The van der Waals surface area contributed by atoms with Crippen molar-refractivity contribution in [2.45, 2.75) is 38.6 Å². The van der Waals surface area contributed by atoms with E-state index in [-0.39, 0.29) is 11.9 Å². The molecule has 3 amide bonds. The minimum atomic E-state index is -0.512. The van der Waals surface area contributed by atoms with E-state index in [4.69, 9.17) is 4.74 Å². The first kappa shape index (κ1) is 25.8. The number of urea groups is 1. The van der Waals surface area contributed by atoms with E-state index in [0.717, 1.165) is 36.6 Å². The fourth-order valence-corrected chi connectivity index (χ4v) is 5.36. The number of ether oxygens (including phenoxy) is 1. The number of nitrogens with zero attached hydrogens (tertiary/aromatic N) is 4. The van der Waals surface area contributed by atoms with Gasteiger partial charge in [0.2, 0.25) is 5.91 Å². The molecule has 8 heteroatoms. The average Bonchev–Trinajstić information content (AvgIpc) is 3.14. The summed E-state index contributed by atoms with van der Waals surface area (Å²) in [6, 6.07) is 15.9. The first-order valence-corrected chi connectivity index (χ1v) is 12.9. The Balaban J connectivity index is 1.30. The lowest BCUT2D eigenvalue weighted by Crippen LogP contribution is -2.56. The Labute approximate surface area is 214 Å². The molecule has 2 saturated heterocycles. The van der Waals surface area contributed by atoms with Gasteiger partial charge in [-0.1, -0.05) is 12.1 Å². The number of carbonyl (C=O) groups is 2. The number of hydrogen-bond donors (Lipinski definition) is 1. The Bertz CT molecular complexity index is 1030. The first-order chi connectivity index (χ1) is 17.4. The molecule has 0 unspecified atom stereocenters. The Kier molecular flexibility index (Phi) is 8.04. The van der Waals surface area contributed by atoms with Crippen LogP contribution >= 0.6 is 0 Å². The van der Waals surface area contributed by atoms with E-state index in [2.05, 4.69) is 29.0 Å². The summed E-state index contributed by atoms with van der Waals surface area (Å²) in [6.45, 7) is 8.60. The van der Waals surface area contributed by atoms with Crippen LogP contribution in [0.1, 0.15) is 32.3 Å². The SMILES string of the molecule is CCN(CC)c1ccc(NC(=O)N2CCC3(CC2)C(=O)N(CCc2ccc(OC)cc2)CN3C)cc1. The highest BCUT2D eigenvalue weighted by Gasteiger charge is 2.52. The van der Waals surface area contributed by atoms with Gasteiger partial charge in [0.15, 0.2) is 0 Å². The maximum Gasteiger partial charge on any atom is 0.321 e. The van der Waals surface area contributed by atoms with Gasteiger partial charge in [-0.3, -0.25) is 9.69 Å². The second-order valence-corrected chi connectivity index (χ2v) is 9.67. The molecule has 36 heavy (non-hydrogen) atoms. The van der Waals surface area contributed by atoms with E-state index in [9.17, 15) is 9.59 Å². The van der Waals surface area contributed by atoms with Gasteiger partial charge in [-0.05, 0) is 82.1 Å². The van der Waals surface area contributed by atoms with Crippen molar-refractivity contribution in [1.29, 1.82) is 0 Å².